The predicted octanol–water partition coefficient (Wildman–Crippen LogP) is 4.14. The van der Waals surface area contributed by atoms with Crippen LogP contribution in [-0.2, 0) is 4.79 Å². The Morgan fingerprint density at radius 1 is 1.18 bits per heavy atom. The standard InChI is InChI=1S/C20H22FN3O2S.ClH/c1-14-5-4-6-16(11-14)26-13-19(25)24(10-9-23(2)3)20-22-17-8-7-15(21)12-18(17)27-20;/h4-8,11-12H,9-10,13H2,1-3H3;1H. The maximum atomic E-state index is 13.5. The molecule has 0 bridgehead atoms. The summed E-state index contributed by atoms with van der Waals surface area (Å²) < 4.78 is 19.9. The number of nitrogens with zero attached hydrogens (tertiary/aromatic N) is 3. The summed E-state index contributed by atoms with van der Waals surface area (Å²) in [6, 6.07) is 12.0. The zero-order valence-electron chi connectivity index (χ0n) is 16.0. The summed E-state index contributed by atoms with van der Waals surface area (Å²) in [4.78, 5) is 20.9. The molecule has 0 saturated carbocycles. The minimum atomic E-state index is -0.313. The molecule has 0 saturated heterocycles. The molecule has 0 spiro atoms. The Morgan fingerprint density at radius 3 is 2.68 bits per heavy atom. The van der Waals surface area contributed by atoms with Crippen molar-refractivity contribution in [1.29, 1.82) is 0 Å². The maximum Gasteiger partial charge on any atom is 0.266 e. The summed E-state index contributed by atoms with van der Waals surface area (Å²) in [6.07, 6.45) is 0. The van der Waals surface area contributed by atoms with Gasteiger partial charge in [-0.15, -0.1) is 12.4 Å². The van der Waals surface area contributed by atoms with Gasteiger partial charge in [0.25, 0.3) is 5.91 Å². The van der Waals surface area contributed by atoms with E-state index in [1.807, 2.05) is 50.2 Å². The number of thiazole rings is 1. The summed E-state index contributed by atoms with van der Waals surface area (Å²) in [7, 11) is 3.89. The van der Waals surface area contributed by atoms with E-state index < -0.39 is 0 Å². The van der Waals surface area contributed by atoms with Gasteiger partial charge in [0.1, 0.15) is 11.6 Å². The lowest BCUT2D eigenvalue weighted by atomic mass is 10.2. The lowest BCUT2D eigenvalue weighted by molar-refractivity contribution is -0.120. The fourth-order valence-electron chi connectivity index (χ4n) is 2.56. The number of benzene rings is 2. The smallest absolute Gasteiger partial charge is 0.266 e. The van der Waals surface area contributed by atoms with Gasteiger partial charge in [-0.25, -0.2) is 9.37 Å². The van der Waals surface area contributed by atoms with E-state index in [0.29, 0.717) is 34.2 Å². The molecule has 150 valence electrons. The number of aromatic nitrogens is 1. The van der Waals surface area contributed by atoms with Crippen LogP contribution < -0.4 is 9.64 Å². The third-order valence-corrected chi connectivity index (χ3v) is 5.03. The van der Waals surface area contributed by atoms with Crippen LogP contribution in [0.2, 0.25) is 0 Å². The number of likely N-dealkylation sites (N-methyl/N-ethyl adjacent to an activating group) is 1. The third-order valence-electron chi connectivity index (χ3n) is 3.99. The van der Waals surface area contributed by atoms with E-state index in [2.05, 4.69) is 4.98 Å². The number of rotatable bonds is 7. The van der Waals surface area contributed by atoms with Crippen molar-refractivity contribution >= 4 is 45.0 Å². The number of carbonyl (C=O) groups excluding carboxylic acids is 1. The molecule has 0 aliphatic carbocycles. The van der Waals surface area contributed by atoms with Gasteiger partial charge in [0, 0.05) is 13.1 Å². The molecule has 1 heterocycles. The number of aryl methyl sites for hydroxylation is 1. The van der Waals surface area contributed by atoms with Gasteiger partial charge in [-0.2, -0.15) is 0 Å². The zero-order valence-corrected chi connectivity index (χ0v) is 17.6. The minimum absolute atomic E-state index is 0. The molecule has 1 amide bonds. The van der Waals surface area contributed by atoms with Crippen molar-refractivity contribution in [3.8, 4) is 5.75 Å². The first-order valence-corrected chi connectivity index (χ1v) is 9.44. The average molecular weight is 424 g/mol. The predicted molar refractivity (Wildman–Crippen MR) is 114 cm³/mol. The first-order chi connectivity index (χ1) is 12.9. The molecule has 28 heavy (non-hydrogen) atoms. The minimum Gasteiger partial charge on any atom is -0.484 e. The van der Waals surface area contributed by atoms with Crippen molar-refractivity contribution in [1.82, 2.24) is 9.88 Å². The Morgan fingerprint density at radius 2 is 1.96 bits per heavy atom. The molecule has 0 N–H and O–H groups in total. The van der Waals surface area contributed by atoms with Crippen LogP contribution in [0.1, 0.15) is 5.56 Å². The zero-order chi connectivity index (χ0) is 19.4. The van der Waals surface area contributed by atoms with E-state index >= 15 is 0 Å². The van der Waals surface area contributed by atoms with Crippen LogP contribution in [0.5, 0.6) is 5.75 Å². The first kappa shape index (κ1) is 22.1. The second kappa shape index (κ2) is 9.82. The van der Waals surface area contributed by atoms with Gasteiger partial charge >= 0.3 is 0 Å². The van der Waals surface area contributed by atoms with E-state index in [0.717, 1.165) is 5.56 Å². The number of ether oxygens (including phenoxy) is 1. The highest BCUT2D eigenvalue weighted by molar-refractivity contribution is 7.22. The van der Waals surface area contributed by atoms with Crippen molar-refractivity contribution in [3.63, 3.8) is 0 Å². The number of anilines is 1. The second-order valence-corrected chi connectivity index (χ2v) is 7.57. The summed E-state index contributed by atoms with van der Waals surface area (Å²) in [6.45, 7) is 3.05. The number of amides is 1. The number of hydrogen-bond acceptors (Lipinski definition) is 5. The summed E-state index contributed by atoms with van der Waals surface area (Å²) in [5, 5.41) is 0.551. The summed E-state index contributed by atoms with van der Waals surface area (Å²) in [5.74, 6) is 0.159. The van der Waals surface area contributed by atoms with Crippen molar-refractivity contribution in [2.24, 2.45) is 0 Å². The van der Waals surface area contributed by atoms with Gasteiger partial charge in [-0.05, 0) is 56.9 Å². The Labute approximate surface area is 174 Å². The molecule has 0 unspecified atom stereocenters. The van der Waals surface area contributed by atoms with E-state index in [9.17, 15) is 9.18 Å². The van der Waals surface area contributed by atoms with Crippen LogP contribution in [0.25, 0.3) is 10.2 Å². The summed E-state index contributed by atoms with van der Waals surface area (Å²) >= 11 is 1.30. The van der Waals surface area contributed by atoms with E-state index in [1.54, 1.807) is 11.0 Å². The molecule has 0 aliphatic rings. The van der Waals surface area contributed by atoms with Crippen LogP contribution in [0.15, 0.2) is 42.5 Å². The van der Waals surface area contributed by atoms with Crippen molar-refractivity contribution in [2.75, 3.05) is 38.7 Å². The lowest BCUT2D eigenvalue weighted by Gasteiger charge is -2.22. The maximum absolute atomic E-state index is 13.5. The largest absolute Gasteiger partial charge is 0.484 e. The van der Waals surface area contributed by atoms with Crippen LogP contribution in [0, 0.1) is 12.7 Å². The number of fused-ring (bicyclic) bond motifs is 1. The van der Waals surface area contributed by atoms with Crippen LogP contribution in [0.4, 0.5) is 9.52 Å². The van der Waals surface area contributed by atoms with Gasteiger partial charge in [-0.3, -0.25) is 9.69 Å². The average Bonchev–Trinajstić information content (AvgIpc) is 3.02. The van der Waals surface area contributed by atoms with E-state index in [1.165, 1.54) is 23.5 Å². The topological polar surface area (TPSA) is 45.7 Å². The molecule has 5 nitrogen and oxygen atoms in total. The quantitative estimate of drug-likeness (QED) is 0.573. The van der Waals surface area contributed by atoms with Gasteiger partial charge < -0.3 is 9.64 Å². The third kappa shape index (κ3) is 5.64. The monoisotopic (exact) mass is 423 g/mol. The highest BCUT2D eigenvalue weighted by Crippen LogP contribution is 2.29. The molecule has 0 atom stereocenters. The van der Waals surface area contributed by atoms with E-state index in [-0.39, 0.29) is 30.7 Å². The van der Waals surface area contributed by atoms with Crippen LogP contribution >= 0.6 is 23.7 Å². The normalized spacial score (nSPS) is 10.8. The molecule has 0 fully saturated rings. The summed E-state index contributed by atoms with van der Waals surface area (Å²) in [5.41, 5.74) is 1.75. The highest BCUT2D eigenvalue weighted by atomic mass is 35.5. The SMILES string of the molecule is Cc1cccc(OCC(=O)N(CCN(C)C)c2nc3ccc(F)cc3s2)c1.Cl. The van der Waals surface area contributed by atoms with Crippen LogP contribution in [-0.4, -0.2) is 49.6 Å². The molecule has 3 aromatic rings. The Hall–Kier alpha value is -2.22. The first-order valence-electron chi connectivity index (χ1n) is 8.63. The number of hydrogen-bond donors (Lipinski definition) is 0. The Bertz CT molecular complexity index is 948. The van der Waals surface area contributed by atoms with E-state index in [4.69, 9.17) is 4.74 Å². The molecule has 0 aliphatic heterocycles. The van der Waals surface area contributed by atoms with Crippen molar-refractivity contribution in [3.05, 3.63) is 53.8 Å². The van der Waals surface area contributed by atoms with Gasteiger partial charge in [0.15, 0.2) is 11.7 Å². The van der Waals surface area contributed by atoms with Gasteiger partial charge in [-0.1, -0.05) is 23.5 Å². The number of carbonyl (C=O) groups is 1. The molecule has 1 aromatic heterocycles. The number of halogens is 2. The fourth-order valence-corrected chi connectivity index (χ4v) is 3.59. The molecular weight excluding hydrogens is 401 g/mol. The van der Waals surface area contributed by atoms with Crippen LogP contribution in [0.3, 0.4) is 0 Å². The van der Waals surface area contributed by atoms with Crippen molar-refractivity contribution < 1.29 is 13.9 Å². The molecule has 0 radical (unpaired) electrons. The van der Waals surface area contributed by atoms with Crippen molar-refractivity contribution in [2.45, 2.75) is 6.92 Å². The fraction of sp³-hybridized carbons (Fsp3) is 0.300. The molecule has 3 rings (SSSR count). The lowest BCUT2D eigenvalue weighted by Crippen LogP contribution is -2.39. The molecule has 2 aromatic carbocycles. The second-order valence-electron chi connectivity index (χ2n) is 6.56. The molecule has 8 heteroatoms. The van der Waals surface area contributed by atoms with Gasteiger partial charge in [0.2, 0.25) is 0 Å². The highest BCUT2D eigenvalue weighted by Gasteiger charge is 2.20. The van der Waals surface area contributed by atoms with Gasteiger partial charge in [0.05, 0.1) is 10.2 Å². The Balaban J connectivity index is 0.00000280. The molecular formula is C20H23ClFN3O2S. The Kier molecular flexibility index (Phi) is 7.74.